The standard InChI is InChI=1S/C17H16N2.ClH/c1-4-13-9-12(2)10-14(11-13)17-18-15-7-5-6-8-16(15)19(17)3;/h4-11H,1H2,2-3H3;1H. The van der Waals surface area contributed by atoms with Crippen LogP contribution in [0.5, 0.6) is 0 Å². The molecule has 0 bridgehead atoms. The van der Waals surface area contributed by atoms with E-state index in [1.165, 1.54) is 16.6 Å². The highest BCUT2D eigenvalue weighted by Crippen LogP contribution is 2.21. The second-order valence-electron chi connectivity index (χ2n) is 4.89. The van der Waals surface area contributed by atoms with Crippen molar-refractivity contribution < 1.29 is 17.0 Å². The lowest BCUT2D eigenvalue weighted by Crippen LogP contribution is -3.00. The molecule has 0 saturated carbocycles. The van der Waals surface area contributed by atoms with Crippen molar-refractivity contribution in [1.82, 2.24) is 4.98 Å². The summed E-state index contributed by atoms with van der Waals surface area (Å²) in [5.74, 6) is 1.12. The lowest BCUT2D eigenvalue weighted by molar-refractivity contribution is -0.633. The van der Waals surface area contributed by atoms with Crippen LogP contribution in [0.15, 0.2) is 49.0 Å². The van der Waals surface area contributed by atoms with E-state index >= 15 is 0 Å². The number of fused-ring (bicyclic) bond motifs is 1. The Kier molecular flexibility index (Phi) is 3.96. The summed E-state index contributed by atoms with van der Waals surface area (Å²) in [4.78, 5) is 3.49. The predicted octanol–water partition coefficient (Wildman–Crippen LogP) is 0.615. The van der Waals surface area contributed by atoms with Crippen molar-refractivity contribution in [1.29, 1.82) is 0 Å². The molecule has 0 aliphatic carbocycles. The molecule has 3 heteroatoms. The molecule has 3 aromatic rings. The van der Waals surface area contributed by atoms with Crippen LogP contribution in [-0.2, 0) is 7.05 Å². The molecule has 1 aromatic heterocycles. The number of hydrogen-bond donors (Lipinski definition) is 1. The molecule has 0 atom stereocenters. The van der Waals surface area contributed by atoms with Crippen LogP contribution in [-0.4, -0.2) is 4.98 Å². The quantitative estimate of drug-likeness (QED) is 0.666. The summed E-state index contributed by atoms with van der Waals surface area (Å²) in [7, 11) is 2.09. The first-order chi connectivity index (χ1) is 9.19. The number of benzene rings is 2. The summed E-state index contributed by atoms with van der Waals surface area (Å²) in [5.41, 5.74) is 5.94. The smallest absolute Gasteiger partial charge is 0.287 e. The van der Waals surface area contributed by atoms with Crippen LogP contribution < -0.4 is 17.0 Å². The fraction of sp³-hybridized carbons (Fsp3) is 0.118. The summed E-state index contributed by atoms with van der Waals surface area (Å²) >= 11 is 0. The van der Waals surface area contributed by atoms with Crippen molar-refractivity contribution in [3.63, 3.8) is 0 Å². The summed E-state index contributed by atoms with van der Waals surface area (Å²) in [6, 6.07) is 14.8. The summed E-state index contributed by atoms with van der Waals surface area (Å²) in [6.45, 7) is 5.97. The van der Waals surface area contributed by atoms with E-state index in [4.69, 9.17) is 0 Å². The van der Waals surface area contributed by atoms with Crippen LogP contribution in [0.1, 0.15) is 11.1 Å². The Morgan fingerprint density at radius 1 is 1.15 bits per heavy atom. The molecule has 1 N–H and O–H groups in total. The van der Waals surface area contributed by atoms with Gasteiger partial charge in [-0.15, -0.1) is 0 Å². The van der Waals surface area contributed by atoms with Gasteiger partial charge in [0.2, 0.25) is 0 Å². The van der Waals surface area contributed by atoms with E-state index in [0.29, 0.717) is 0 Å². The van der Waals surface area contributed by atoms with E-state index < -0.39 is 0 Å². The molecule has 0 aliphatic heterocycles. The lowest BCUT2D eigenvalue weighted by atomic mass is 10.1. The van der Waals surface area contributed by atoms with E-state index in [0.717, 1.165) is 16.9 Å². The highest BCUT2D eigenvalue weighted by atomic mass is 35.5. The van der Waals surface area contributed by atoms with Crippen LogP contribution in [0.2, 0.25) is 0 Å². The molecule has 0 saturated heterocycles. The Morgan fingerprint density at radius 3 is 2.60 bits per heavy atom. The average Bonchev–Trinajstić information content (AvgIpc) is 2.76. The third-order valence-electron chi connectivity index (χ3n) is 3.46. The minimum absolute atomic E-state index is 0. The number of halogens is 1. The normalized spacial score (nSPS) is 10.3. The molecule has 0 fully saturated rings. The largest absolute Gasteiger partial charge is 1.00 e. The van der Waals surface area contributed by atoms with Gasteiger partial charge in [-0.25, -0.2) is 9.55 Å². The zero-order chi connectivity index (χ0) is 13.4. The fourth-order valence-electron chi connectivity index (χ4n) is 2.54. The monoisotopic (exact) mass is 284 g/mol. The number of aryl methyl sites for hydroxylation is 2. The zero-order valence-corrected chi connectivity index (χ0v) is 12.4. The van der Waals surface area contributed by atoms with E-state index in [1.54, 1.807) is 0 Å². The van der Waals surface area contributed by atoms with Crippen LogP contribution in [0.4, 0.5) is 0 Å². The van der Waals surface area contributed by atoms with Gasteiger partial charge in [0, 0.05) is 0 Å². The highest BCUT2D eigenvalue weighted by molar-refractivity contribution is 5.75. The van der Waals surface area contributed by atoms with Gasteiger partial charge >= 0.3 is 0 Å². The number of rotatable bonds is 2. The third-order valence-corrected chi connectivity index (χ3v) is 3.46. The lowest BCUT2D eigenvalue weighted by Gasteiger charge is -2.01. The Labute approximate surface area is 125 Å². The second kappa shape index (κ2) is 5.51. The third kappa shape index (κ3) is 2.35. The molecule has 0 unspecified atom stereocenters. The number of nitrogens with zero attached hydrogens (tertiary/aromatic N) is 1. The van der Waals surface area contributed by atoms with Crippen molar-refractivity contribution in [2.45, 2.75) is 6.92 Å². The van der Waals surface area contributed by atoms with E-state index in [2.05, 4.69) is 66.5 Å². The molecule has 0 amide bonds. The van der Waals surface area contributed by atoms with E-state index in [1.807, 2.05) is 12.1 Å². The number of aromatic amines is 1. The predicted molar refractivity (Wildman–Crippen MR) is 79.7 cm³/mol. The molecule has 2 nitrogen and oxygen atoms in total. The molecular formula is C17H17ClN2. The van der Waals surface area contributed by atoms with Gasteiger partial charge in [-0.05, 0) is 42.3 Å². The number of imidazole rings is 1. The van der Waals surface area contributed by atoms with Gasteiger partial charge in [0.25, 0.3) is 5.82 Å². The van der Waals surface area contributed by atoms with Gasteiger partial charge in [0.05, 0.1) is 12.6 Å². The van der Waals surface area contributed by atoms with Crippen molar-refractivity contribution >= 4 is 17.1 Å². The summed E-state index contributed by atoms with van der Waals surface area (Å²) < 4.78 is 2.19. The molecule has 1 heterocycles. The maximum Gasteiger partial charge on any atom is 0.287 e. The topological polar surface area (TPSA) is 19.7 Å². The maximum atomic E-state index is 3.86. The van der Waals surface area contributed by atoms with Gasteiger partial charge in [-0.3, -0.25) is 0 Å². The Hall–Kier alpha value is -2.06. The van der Waals surface area contributed by atoms with Gasteiger partial charge in [0.15, 0.2) is 11.0 Å². The summed E-state index contributed by atoms with van der Waals surface area (Å²) in [6.07, 6.45) is 1.89. The highest BCUT2D eigenvalue weighted by Gasteiger charge is 2.16. The number of hydrogen-bond acceptors (Lipinski definition) is 0. The van der Waals surface area contributed by atoms with Gasteiger partial charge in [-0.1, -0.05) is 30.9 Å². The number of para-hydroxylation sites is 2. The average molecular weight is 285 g/mol. The maximum absolute atomic E-state index is 3.86. The van der Waals surface area contributed by atoms with Crippen LogP contribution in [0.3, 0.4) is 0 Å². The number of aromatic nitrogens is 2. The van der Waals surface area contributed by atoms with Gasteiger partial charge in [-0.2, -0.15) is 0 Å². The Morgan fingerprint density at radius 2 is 1.90 bits per heavy atom. The molecule has 0 aliphatic rings. The first-order valence-corrected chi connectivity index (χ1v) is 6.40. The molecule has 0 spiro atoms. The molecular weight excluding hydrogens is 268 g/mol. The minimum atomic E-state index is 0. The van der Waals surface area contributed by atoms with E-state index in [-0.39, 0.29) is 12.4 Å². The first-order valence-electron chi connectivity index (χ1n) is 6.40. The van der Waals surface area contributed by atoms with E-state index in [9.17, 15) is 0 Å². The van der Waals surface area contributed by atoms with Crippen LogP contribution in [0, 0.1) is 6.92 Å². The van der Waals surface area contributed by atoms with Gasteiger partial charge in [0.1, 0.15) is 0 Å². The molecule has 0 radical (unpaired) electrons. The molecule has 20 heavy (non-hydrogen) atoms. The zero-order valence-electron chi connectivity index (χ0n) is 11.7. The van der Waals surface area contributed by atoms with Crippen LogP contribution in [0.25, 0.3) is 28.5 Å². The van der Waals surface area contributed by atoms with Gasteiger partial charge < -0.3 is 12.4 Å². The number of nitrogens with one attached hydrogen (secondary N) is 1. The van der Waals surface area contributed by atoms with Crippen molar-refractivity contribution in [3.8, 4) is 11.4 Å². The van der Waals surface area contributed by atoms with Crippen molar-refractivity contribution in [3.05, 3.63) is 60.2 Å². The summed E-state index contributed by atoms with van der Waals surface area (Å²) in [5, 5.41) is 0. The fourth-order valence-corrected chi connectivity index (χ4v) is 2.54. The Bertz CT molecular complexity index is 772. The Balaban J connectivity index is 0.00000147. The molecule has 2 aromatic carbocycles. The van der Waals surface area contributed by atoms with Crippen molar-refractivity contribution in [2.75, 3.05) is 0 Å². The number of H-pyrrole nitrogens is 1. The molecule has 3 rings (SSSR count). The SMILES string of the molecule is C=Cc1cc(C)cc(-c2[nH]c3ccccc3[n+]2C)c1.[Cl-]. The first kappa shape index (κ1) is 14.4. The van der Waals surface area contributed by atoms with Crippen molar-refractivity contribution in [2.24, 2.45) is 7.05 Å². The molecule has 102 valence electrons. The van der Waals surface area contributed by atoms with Crippen LogP contribution >= 0.6 is 0 Å². The second-order valence-corrected chi connectivity index (χ2v) is 4.89. The minimum Gasteiger partial charge on any atom is -1.00 e.